The summed E-state index contributed by atoms with van der Waals surface area (Å²) >= 11 is 6.27. The van der Waals surface area contributed by atoms with E-state index >= 15 is 0 Å². The molecule has 0 atom stereocenters. The Kier molecular flexibility index (Phi) is 3.83. The summed E-state index contributed by atoms with van der Waals surface area (Å²) in [5, 5.41) is 3.45. The Morgan fingerprint density at radius 1 is 0.633 bits per heavy atom. The summed E-state index contributed by atoms with van der Waals surface area (Å²) in [6.45, 7) is 0. The molecule has 0 aliphatic carbocycles. The maximum Gasteiger partial charge on any atom is 0.223 e. The molecule has 142 valence electrons. The predicted molar refractivity (Wildman–Crippen MR) is 123 cm³/mol. The zero-order valence-corrected chi connectivity index (χ0v) is 16.6. The first-order valence-electron chi connectivity index (χ1n) is 9.71. The molecule has 0 aliphatic heterocycles. The average molecular weight is 407 g/mol. The van der Waals surface area contributed by atoms with Crippen LogP contribution in [0.4, 0.5) is 0 Å². The van der Waals surface area contributed by atoms with Crippen LogP contribution >= 0.6 is 11.6 Å². The van der Waals surface area contributed by atoms with Crippen LogP contribution < -0.4 is 0 Å². The monoisotopic (exact) mass is 406 g/mol. The smallest absolute Gasteiger partial charge is 0.223 e. The summed E-state index contributed by atoms with van der Waals surface area (Å²) in [6, 6.07) is 31.0. The van der Waals surface area contributed by atoms with E-state index in [1.165, 1.54) is 16.5 Å². The van der Waals surface area contributed by atoms with Crippen molar-refractivity contribution >= 4 is 44.4 Å². The zero-order valence-electron chi connectivity index (χ0n) is 15.8. The molecule has 0 bridgehead atoms. The molecule has 3 nitrogen and oxygen atoms in total. The topological polar surface area (TPSA) is 38.9 Å². The first-order chi connectivity index (χ1) is 14.8. The summed E-state index contributed by atoms with van der Waals surface area (Å²) in [4.78, 5) is 8.92. The minimum Gasteiger partial charge on any atom is -0.452 e. The second kappa shape index (κ2) is 6.68. The van der Waals surface area contributed by atoms with Crippen LogP contribution in [-0.2, 0) is 0 Å². The number of furan rings is 1. The molecule has 4 aromatic carbocycles. The van der Waals surface area contributed by atoms with Crippen LogP contribution in [0.5, 0.6) is 0 Å². The summed E-state index contributed by atoms with van der Waals surface area (Å²) in [6.07, 6.45) is 0. The molecule has 0 unspecified atom stereocenters. The zero-order chi connectivity index (χ0) is 20.1. The lowest BCUT2D eigenvalue weighted by Gasteiger charge is -2.07. The van der Waals surface area contributed by atoms with E-state index in [-0.39, 0.29) is 5.28 Å². The van der Waals surface area contributed by atoms with Gasteiger partial charge in [-0.25, -0.2) is 9.97 Å². The van der Waals surface area contributed by atoms with Gasteiger partial charge in [0.1, 0.15) is 16.8 Å². The minimum atomic E-state index is 0.212. The Hall–Kier alpha value is -3.69. The molecule has 0 saturated heterocycles. The standard InChI is InChI=1S/C26H15ClN2O/c27-26-28-23(25-24(29-26)21-8-4-5-9-22(21)30-25)20-13-12-18-14-17(10-11-19(18)15-20)16-6-2-1-3-7-16/h1-15H. The second-order valence-electron chi connectivity index (χ2n) is 7.26. The van der Waals surface area contributed by atoms with E-state index in [0.29, 0.717) is 11.3 Å². The lowest BCUT2D eigenvalue weighted by molar-refractivity contribution is 0.667. The maximum absolute atomic E-state index is 6.27. The minimum absolute atomic E-state index is 0.212. The molecule has 4 heteroatoms. The van der Waals surface area contributed by atoms with Crippen LogP contribution in [0.25, 0.3) is 55.2 Å². The average Bonchev–Trinajstić information content (AvgIpc) is 3.17. The second-order valence-corrected chi connectivity index (χ2v) is 7.60. The summed E-state index contributed by atoms with van der Waals surface area (Å²) in [5.41, 5.74) is 6.22. The molecular weight excluding hydrogens is 392 g/mol. The Morgan fingerprint density at radius 3 is 2.17 bits per heavy atom. The molecule has 6 rings (SSSR count). The number of nitrogens with zero attached hydrogens (tertiary/aromatic N) is 2. The highest BCUT2D eigenvalue weighted by atomic mass is 35.5. The van der Waals surface area contributed by atoms with Gasteiger partial charge in [-0.05, 0) is 57.8 Å². The third-order valence-electron chi connectivity index (χ3n) is 5.41. The highest BCUT2D eigenvalue weighted by Crippen LogP contribution is 2.35. The normalized spacial score (nSPS) is 11.5. The number of hydrogen-bond acceptors (Lipinski definition) is 3. The third kappa shape index (κ3) is 2.75. The van der Waals surface area contributed by atoms with Gasteiger partial charge in [0.2, 0.25) is 5.28 Å². The van der Waals surface area contributed by atoms with E-state index in [4.69, 9.17) is 16.0 Å². The molecule has 0 spiro atoms. The van der Waals surface area contributed by atoms with Gasteiger partial charge in [0, 0.05) is 10.9 Å². The van der Waals surface area contributed by atoms with Crippen molar-refractivity contribution in [3.63, 3.8) is 0 Å². The van der Waals surface area contributed by atoms with Gasteiger partial charge >= 0.3 is 0 Å². The van der Waals surface area contributed by atoms with E-state index < -0.39 is 0 Å². The van der Waals surface area contributed by atoms with E-state index in [0.717, 1.165) is 27.4 Å². The molecule has 2 heterocycles. The quantitative estimate of drug-likeness (QED) is 0.279. The number of hydrogen-bond donors (Lipinski definition) is 0. The van der Waals surface area contributed by atoms with Gasteiger partial charge in [-0.3, -0.25) is 0 Å². The van der Waals surface area contributed by atoms with Crippen molar-refractivity contribution in [1.82, 2.24) is 9.97 Å². The highest BCUT2D eigenvalue weighted by molar-refractivity contribution is 6.29. The van der Waals surface area contributed by atoms with E-state index in [2.05, 4.69) is 70.6 Å². The molecule has 0 N–H and O–H groups in total. The molecule has 0 fully saturated rings. The van der Waals surface area contributed by atoms with Gasteiger partial charge in [-0.15, -0.1) is 0 Å². The Morgan fingerprint density at radius 2 is 1.33 bits per heavy atom. The van der Waals surface area contributed by atoms with Crippen molar-refractivity contribution in [2.24, 2.45) is 0 Å². The van der Waals surface area contributed by atoms with Crippen LogP contribution in [0, 0.1) is 0 Å². The van der Waals surface area contributed by atoms with Crippen molar-refractivity contribution in [1.29, 1.82) is 0 Å². The Labute approximate surface area is 177 Å². The molecule has 6 aromatic rings. The number of aromatic nitrogens is 2. The summed E-state index contributed by atoms with van der Waals surface area (Å²) < 4.78 is 6.10. The van der Waals surface area contributed by atoms with Gasteiger partial charge in [-0.1, -0.05) is 66.7 Å². The number of para-hydroxylation sites is 1. The van der Waals surface area contributed by atoms with Gasteiger partial charge in [0.15, 0.2) is 5.58 Å². The van der Waals surface area contributed by atoms with Crippen molar-refractivity contribution in [2.45, 2.75) is 0 Å². The molecule has 0 radical (unpaired) electrons. The summed E-state index contributed by atoms with van der Waals surface area (Å²) in [5.74, 6) is 0. The van der Waals surface area contributed by atoms with Crippen molar-refractivity contribution in [3.8, 4) is 22.4 Å². The number of rotatable bonds is 2. The van der Waals surface area contributed by atoms with Crippen LogP contribution in [-0.4, -0.2) is 9.97 Å². The maximum atomic E-state index is 6.27. The third-order valence-corrected chi connectivity index (χ3v) is 5.58. The lowest BCUT2D eigenvalue weighted by atomic mass is 9.99. The Balaban J connectivity index is 1.54. The van der Waals surface area contributed by atoms with Crippen molar-refractivity contribution < 1.29 is 4.42 Å². The molecule has 0 saturated carbocycles. The van der Waals surface area contributed by atoms with Crippen LogP contribution in [0.2, 0.25) is 5.28 Å². The van der Waals surface area contributed by atoms with Gasteiger partial charge in [0.05, 0.1) is 0 Å². The van der Waals surface area contributed by atoms with Crippen LogP contribution in [0.15, 0.2) is 95.4 Å². The van der Waals surface area contributed by atoms with Crippen LogP contribution in [0.3, 0.4) is 0 Å². The number of halogens is 1. The fourth-order valence-electron chi connectivity index (χ4n) is 3.96. The predicted octanol–water partition coefficient (Wildman–Crippen LogP) is 7.52. The largest absolute Gasteiger partial charge is 0.452 e. The fourth-order valence-corrected chi connectivity index (χ4v) is 4.13. The van der Waals surface area contributed by atoms with E-state index in [1.54, 1.807) is 0 Å². The molecule has 30 heavy (non-hydrogen) atoms. The number of benzene rings is 4. The molecular formula is C26H15ClN2O. The van der Waals surface area contributed by atoms with E-state index in [1.807, 2.05) is 30.3 Å². The van der Waals surface area contributed by atoms with Crippen molar-refractivity contribution in [3.05, 3.63) is 96.3 Å². The first kappa shape index (κ1) is 17.2. The molecule has 0 aliphatic rings. The highest BCUT2D eigenvalue weighted by Gasteiger charge is 2.16. The van der Waals surface area contributed by atoms with Gasteiger partial charge < -0.3 is 4.42 Å². The Bertz CT molecular complexity index is 1550. The van der Waals surface area contributed by atoms with E-state index in [9.17, 15) is 0 Å². The number of fused-ring (bicyclic) bond motifs is 4. The SMILES string of the molecule is Clc1nc(-c2ccc3cc(-c4ccccc4)ccc3c2)c2oc3ccccc3c2n1. The molecule has 2 aromatic heterocycles. The van der Waals surface area contributed by atoms with Crippen LogP contribution in [0.1, 0.15) is 0 Å². The first-order valence-corrected chi connectivity index (χ1v) is 10.1. The van der Waals surface area contributed by atoms with Crippen molar-refractivity contribution in [2.75, 3.05) is 0 Å². The molecule has 0 amide bonds. The fraction of sp³-hybridized carbons (Fsp3) is 0. The lowest BCUT2D eigenvalue weighted by Crippen LogP contribution is -1.89. The van der Waals surface area contributed by atoms with Gasteiger partial charge in [-0.2, -0.15) is 0 Å². The van der Waals surface area contributed by atoms with Gasteiger partial charge in [0.25, 0.3) is 0 Å². The summed E-state index contributed by atoms with van der Waals surface area (Å²) in [7, 11) is 0.